The first-order valence-corrected chi connectivity index (χ1v) is 8.12. The summed E-state index contributed by atoms with van der Waals surface area (Å²) in [5.74, 6) is 1.13. The van der Waals surface area contributed by atoms with Crippen LogP contribution in [-0.4, -0.2) is 28.4 Å². The van der Waals surface area contributed by atoms with Crippen molar-refractivity contribution >= 4 is 23.1 Å². The zero-order chi connectivity index (χ0) is 15.5. The predicted octanol–water partition coefficient (Wildman–Crippen LogP) is 3.36. The third-order valence-corrected chi connectivity index (χ3v) is 4.66. The Balaban J connectivity index is 2.63. The molecular weight excluding hydrogens is 268 g/mol. The summed E-state index contributed by atoms with van der Waals surface area (Å²) < 4.78 is 0. The lowest BCUT2D eigenvalue weighted by molar-refractivity contribution is -0.138. The Bertz CT molecular complexity index is 352. The van der Waals surface area contributed by atoms with Gasteiger partial charge in [-0.2, -0.15) is 0 Å². The van der Waals surface area contributed by atoms with Crippen LogP contribution < -0.4 is 5.73 Å². The molecular formula is C16H30N2OS. The monoisotopic (exact) mass is 298 g/mol. The fourth-order valence-corrected chi connectivity index (χ4v) is 3.26. The van der Waals surface area contributed by atoms with Crippen LogP contribution in [0.2, 0.25) is 0 Å². The van der Waals surface area contributed by atoms with E-state index in [-0.39, 0.29) is 17.9 Å². The highest BCUT2D eigenvalue weighted by Crippen LogP contribution is 2.40. The van der Waals surface area contributed by atoms with E-state index in [0.29, 0.717) is 16.9 Å². The van der Waals surface area contributed by atoms with Gasteiger partial charge in [0.15, 0.2) is 0 Å². The molecule has 116 valence electrons. The highest BCUT2D eigenvalue weighted by molar-refractivity contribution is 7.80. The summed E-state index contributed by atoms with van der Waals surface area (Å²) in [6.45, 7) is 11.4. The highest BCUT2D eigenvalue weighted by atomic mass is 32.1. The molecule has 4 heteroatoms. The van der Waals surface area contributed by atoms with Gasteiger partial charge in [-0.1, -0.05) is 33.0 Å². The Morgan fingerprint density at radius 3 is 2.10 bits per heavy atom. The van der Waals surface area contributed by atoms with Gasteiger partial charge in [-0.15, -0.1) is 0 Å². The minimum atomic E-state index is 0.157. The smallest absolute Gasteiger partial charge is 0.226 e. The van der Waals surface area contributed by atoms with Gasteiger partial charge in [-0.3, -0.25) is 4.79 Å². The largest absolute Gasteiger partial charge is 0.392 e. The van der Waals surface area contributed by atoms with E-state index >= 15 is 0 Å². The van der Waals surface area contributed by atoms with E-state index in [0.717, 1.165) is 31.6 Å². The molecule has 0 unspecified atom stereocenters. The molecule has 3 nitrogen and oxygen atoms in total. The van der Waals surface area contributed by atoms with Crippen LogP contribution in [0.5, 0.6) is 0 Å². The fraction of sp³-hybridized carbons (Fsp3) is 0.875. The lowest BCUT2D eigenvalue weighted by atomic mass is 9.69. The summed E-state index contributed by atoms with van der Waals surface area (Å²) in [6.07, 6.45) is 4.31. The molecule has 1 fully saturated rings. The first-order valence-electron chi connectivity index (χ1n) is 7.71. The van der Waals surface area contributed by atoms with Crippen LogP contribution in [0.1, 0.15) is 60.3 Å². The van der Waals surface area contributed by atoms with E-state index in [2.05, 4.69) is 20.8 Å². The molecule has 1 amide bonds. The van der Waals surface area contributed by atoms with Crippen molar-refractivity contribution in [1.82, 2.24) is 4.90 Å². The van der Waals surface area contributed by atoms with Crippen LogP contribution >= 0.6 is 12.2 Å². The summed E-state index contributed by atoms with van der Waals surface area (Å²) in [5, 5.41) is 0. The van der Waals surface area contributed by atoms with Gasteiger partial charge in [0.25, 0.3) is 0 Å². The summed E-state index contributed by atoms with van der Waals surface area (Å²) in [6, 6.07) is 0.157. The van der Waals surface area contributed by atoms with Crippen molar-refractivity contribution in [3.8, 4) is 0 Å². The number of nitrogens with two attached hydrogens (primary N) is 1. The molecule has 0 bridgehead atoms. The van der Waals surface area contributed by atoms with Gasteiger partial charge in [0.1, 0.15) is 0 Å². The number of rotatable bonds is 4. The summed E-state index contributed by atoms with van der Waals surface area (Å²) in [7, 11) is 0. The van der Waals surface area contributed by atoms with E-state index < -0.39 is 0 Å². The maximum atomic E-state index is 12.6. The Labute approximate surface area is 129 Å². The second kappa shape index (κ2) is 6.88. The quantitative estimate of drug-likeness (QED) is 0.810. The molecule has 0 aromatic carbocycles. The SMILES string of the molecule is CC(C)N(CC(N)=S)C(=O)C1CCC(C(C)(C)C)CC1. The van der Waals surface area contributed by atoms with Gasteiger partial charge in [0.2, 0.25) is 5.91 Å². The van der Waals surface area contributed by atoms with E-state index in [1.54, 1.807) is 0 Å². The molecule has 1 rings (SSSR count). The van der Waals surface area contributed by atoms with Crippen LogP contribution in [0.25, 0.3) is 0 Å². The summed E-state index contributed by atoms with van der Waals surface area (Å²) >= 11 is 4.96. The molecule has 0 spiro atoms. The molecule has 0 radical (unpaired) electrons. The lowest BCUT2D eigenvalue weighted by Crippen LogP contribution is -2.46. The molecule has 0 heterocycles. The van der Waals surface area contributed by atoms with E-state index in [1.165, 1.54) is 0 Å². The van der Waals surface area contributed by atoms with E-state index in [4.69, 9.17) is 18.0 Å². The normalized spacial score (nSPS) is 23.7. The van der Waals surface area contributed by atoms with E-state index in [9.17, 15) is 4.79 Å². The molecule has 1 saturated carbocycles. The average molecular weight is 298 g/mol. The number of thiocarbonyl (C=S) groups is 1. The Kier molecular flexibility index (Phi) is 5.99. The van der Waals surface area contributed by atoms with Crippen LogP contribution in [0, 0.1) is 17.3 Å². The predicted molar refractivity (Wildman–Crippen MR) is 88.5 cm³/mol. The molecule has 0 aromatic heterocycles. The zero-order valence-corrected chi connectivity index (χ0v) is 14.4. The maximum absolute atomic E-state index is 12.6. The van der Waals surface area contributed by atoms with Gasteiger partial charge in [-0.25, -0.2) is 0 Å². The first-order chi connectivity index (χ1) is 9.12. The third kappa shape index (κ3) is 4.72. The minimum Gasteiger partial charge on any atom is -0.392 e. The van der Waals surface area contributed by atoms with E-state index in [1.807, 2.05) is 18.7 Å². The number of amides is 1. The highest BCUT2D eigenvalue weighted by Gasteiger charge is 2.34. The fourth-order valence-electron chi connectivity index (χ4n) is 3.12. The zero-order valence-electron chi connectivity index (χ0n) is 13.6. The van der Waals surface area contributed by atoms with Crippen LogP contribution in [0.3, 0.4) is 0 Å². The number of nitrogens with zero attached hydrogens (tertiary/aromatic N) is 1. The van der Waals surface area contributed by atoms with Crippen molar-refractivity contribution in [2.45, 2.75) is 66.3 Å². The van der Waals surface area contributed by atoms with Crippen LogP contribution in [0.4, 0.5) is 0 Å². The Morgan fingerprint density at radius 1 is 1.25 bits per heavy atom. The average Bonchev–Trinajstić information content (AvgIpc) is 2.33. The van der Waals surface area contributed by atoms with Crippen molar-refractivity contribution < 1.29 is 4.79 Å². The molecule has 0 aromatic rings. The Hall–Kier alpha value is -0.640. The standard InChI is InChI=1S/C16H30N2OS/c1-11(2)18(10-14(17)20)15(19)12-6-8-13(9-7-12)16(3,4)5/h11-13H,6-10H2,1-5H3,(H2,17,20). The molecule has 1 aliphatic rings. The third-order valence-electron chi connectivity index (χ3n) is 4.53. The topological polar surface area (TPSA) is 46.3 Å². The number of hydrogen-bond donors (Lipinski definition) is 1. The second-order valence-corrected chi connectivity index (χ2v) is 7.97. The molecule has 0 atom stereocenters. The van der Waals surface area contributed by atoms with Crippen molar-refractivity contribution in [3.05, 3.63) is 0 Å². The second-order valence-electron chi connectivity index (χ2n) is 7.44. The molecule has 1 aliphatic carbocycles. The van der Waals surface area contributed by atoms with Crippen molar-refractivity contribution in [2.75, 3.05) is 6.54 Å². The van der Waals surface area contributed by atoms with Gasteiger partial charge >= 0.3 is 0 Å². The number of carbonyl (C=O) groups excluding carboxylic acids is 1. The lowest BCUT2D eigenvalue weighted by Gasteiger charge is -2.38. The number of hydrogen-bond acceptors (Lipinski definition) is 2. The van der Waals surface area contributed by atoms with Crippen molar-refractivity contribution in [3.63, 3.8) is 0 Å². The van der Waals surface area contributed by atoms with Gasteiger partial charge < -0.3 is 10.6 Å². The molecule has 0 saturated heterocycles. The van der Waals surface area contributed by atoms with Gasteiger partial charge in [0.05, 0.1) is 11.5 Å². The van der Waals surface area contributed by atoms with Crippen LogP contribution in [0.15, 0.2) is 0 Å². The Morgan fingerprint density at radius 2 is 1.75 bits per heavy atom. The van der Waals surface area contributed by atoms with Crippen molar-refractivity contribution in [1.29, 1.82) is 0 Å². The molecule has 20 heavy (non-hydrogen) atoms. The number of carbonyl (C=O) groups is 1. The maximum Gasteiger partial charge on any atom is 0.226 e. The molecule has 0 aliphatic heterocycles. The van der Waals surface area contributed by atoms with Gasteiger partial charge in [0, 0.05) is 12.0 Å². The van der Waals surface area contributed by atoms with Crippen molar-refractivity contribution in [2.24, 2.45) is 23.0 Å². The van der Waals surface area contributed by atoms with Crippen LogP contribution in [-0.2, 0) is 4.79 Å². The van der Waals surface area contributed by atoms with Gasteiger partial charge in [-0.05, 0) is 50.9 Å². The minimum absolute atomic E-state index is 0.157. The summed E-state index contributed by atoms with van der Waals surface area (Å²) in [4.78, 5) is 14.9. The molecule has 2 N–H and O–H groups in total. The first kappa shape index (κ1) is 17.4. The summed E-state index contributed by atoms with van der Waals surface area (Å²) in [5.41, 5.74) is 5.97.